The van der Waals surface area contributed by atoms with Gasteiger partial charge in [0.25, 0.3) is 5.91 Å². The van der Waals surface area contributed by atoms with Gasteiger partial charge in [-0.05, 0) is 38.8 Å². The van der Waals surface area contributed by atoms with Crippen molar-refractivity contribution in [3.05, 3.63) is 23.8 Å². The highest BCUT2D eigenvalue weighted by Crippen LogP contribution is 2.25. The van der Waals surface area contributed by atoms with Crippen molar-refractivity contribution in [3.63, 3.8) is 0 Å². The number of carbonyl (C=O) groups excluding carboxylic acids is 1. The standard InChI is InChI=1S/C14H21N3O2/c1-9-5-3-6-10(2)17(9)16-14(19)11-7-4-8-12(15)13(11)18/h4,7-10,18H,3,5-6,15H2,1-2H3,(H,16,19). The molecule has 0 spiro atoms. The summed E-state index contributed by atoms with van der Waals surface area (Å²) in [6, 6.07) is 5.40. The van der Waals surface area contributed by atoms with Crippen molar-refractivity contribution < 1.29 is 9.90 Å². The molecule has 2 rings (SSSR count). The van der Waals surface area contributed by atoms with Gasteiger partial charge in [0.1, 0.15) is 0 Å². The van der Waals surface area contributed by atoms with Gasteiger partial charge in [-0.25, -0.2) is 5.01 Å². The van der Waals surface area contributed by atoms with E-state index >= 15 is 0 Å². The summed E-state index contributed by atoms with van der Waals surface area (Å²) >= 11 is 0. The normalized spacial score (nSPS) is 24.1. The number of aromatic hydroxyl groups is 1. The van der Waals surface area contributed by atoms with Crippen molar-refractivity contribution in [3.8, 4) is 5.75 Å². The maximum atomic E-state index is 12.2. The highest BCUT2D eigenvalue weighted by Gasteiger charge is 2.27. The van der Waals surface area contributed by atoms with Gasteiger partial charge in [0.05, 0.1) is 11.3 Å². The molecule has 1 aliphatic rings. The first-order valence-corrected chi connectivity index (χ1v) is 6.67. The lowest BCUT2D eigenvalue weighted by Gasteiger charge is -2.38. The monoisotopic (exact) mass is 263 g/mol. The second-order valence-corrected chi connectivity index (χ2v) is 5.22. The fourth-order valence-corrected chi connectivity index (χ4v) is 2.56. The molecule has 2 unspecified atom stereocenters. The molecule has 0 aliphatic carbocycles. The third kappa shape index (κ3) is 2.81. The molecular formula is C14H21N3O2. The van der Waals surface area contributed by atoms with Crippen molar-refractivity contribution in [2.75, 3.05) is 5.73 Å². The molecule has 4 N–H and O–H groups in total. The van der Waals surface area contributed by atoms with Crippen LogP contribution < -0.4 is 11.2 Å². The molecule has 5 nitrogen and oxygen atoms in total. The number of phenols is 1. The van der Waals surface area contributed by atoms with E-state index in [9.17, 15) is 9.90 Å². The number of rotatable bonds is 2. The molecule has 1 fully saturated rings. The number of amides is 1. The first-order valence-electron chi connectivity index (χ1n) is 6.67. The van der Waals surface area contributed by atoms with Crippen LogP contribution in [0.2, 0.25) is 0 Å². The number of benzene rings is 1. The third-order valence-corrected chi connectivity index (χ3v) is 3.74. The first kappa shape index (κ1) is 13.7. The van der Waals surface area contributed by atoms with E-state index in [1.54, 1.807) is 18.2 Å². The van der Waals surface area contributed by atoms with Gasteiger partial charge in [-0.1, -0.05) is 12.5 Å². The number of nitrogens with zero attached hydrogens (tertiary/aromatic N) is 1. The van der Waals surface area contributed by atoms with Crippen LogP contribution in [0.3, 0.4) is 0 Å². The molecule has 1 heterocycles. The van der Waals surface area contributed by atoms with Gasteiger partial charge >= 0.3 is 0 Å². The number of nitrogen functional groups attached to an aromatic ring is 1. The van der Waals surface area contributed by atoms with Crippen LogP contribution >= 0.6 is 0 Å². The molecule has 0 aromatic heterocycles. The van der Waals surface area contributed by atoms with Crippen LogP contribution in [-0.4, -0.2) is 28.1 Å². The van der Waals surface area contributed by atoms with Crippen LogP contribution in [0, 0.1) is 0 Å². The van der Waals surface area contributed by atoms with E-state index in [0.717, 1.165) is 12.8 Å². The van der Waals surface area contributed by atoms with Gasteiger partial charge in [-0.2, -0.15) is 0 Å². The first-order chi connectivity index (χ1) is 9.00. The highest BCUT2D eigenvalue weighted by molar-refractivity contribution is 5.98. The summed E-state index contributed by atoms with van der Waals surface area (Å²) in [5.41, 5.74) is 8.91. The van der Waals surface area contributed by atoms with Crippen molar-refractivity contribution in [2.45, 2.75) is 45.2 Å². The van der Waals surface area contributed by atoms with E-state index in [2.05, 4.69) is 19.3 Å². The van der Waals surface area contributed by atoms with E-state index in [-0.39, 0.29) is 22.9 Å². The number of hydrazine groups is 1. The summed E-state index contributed by atoms with van der Waals surface area (Å²) in [4.78, 5) is 12.2. The fraction of sp³-hybridized carbons (Fsp3) is 0.500. The van der Waals surface area contributed by atoms with E-state index < -0.39 is 0 Å². The Labute approximate surface area is 113 Å². The lowest BCUT2D eigenvalue weighted by molar-refractivity contribution is 0.0368. The quantitative estimate of drug-likeness (QED) is 0.562. The SMILES string of the molecule is CC1CCCC(C)N1NC(=O)c1cccc(N)c1O. The maximum absolute atomic E-state index is 12.2. The molecule has 2 atom stereocenters. The number of para-hydroxylation sites is 1. The van der Waals surface area contributed by atoms with Crippen molar-refractivity contribution in [2.24, 2.45) is 0 Å². The largest absolute Gasteiger partial charge is 0.505 e. The Bertz CT molecular complexity index is 466. The molecular weight excluding hydrogens is 242 g/mol. The second-order valence-electron chi connectivity index (χ2n) is 5.22. The van der Waals surface area contributed by atoms with Gasteiger partial charge in [0.2, 0.25) is 0 Å². The van der Waals surface area contributed by atoms with Crippen LogP contribution in [0.1, 0.15) is 43.5 Å². The van der Waals surface area contributed by atoms with Gasteiger partial charge < -0.3 is 10.8 Å². The molecule has 19 heavy (non-hydrogen) atoms. The van der Waals surface area contributed by atoms with E-state index in [0.29, 0.717) is 12.1 Å². The molecule has 5 heteroatoms. The molecule has 1 saturated heterocycles. The zero-order valence-corrected chi connectivity index (χ0v) is 11.4. The fourth-order valence-electron chi connectivity index (χ4n) is 2.56. The minimum Gasteiger partial charge on any atom is -0.505 e. The molecule has 0 bridgehead atoms. The van der Waals surface area contributed by atoms with Crippen LogP contribution in [0.5, 0.6) is 5.75 Å². The summed E-state index contributed by atoms with van der Waals surface area (Å²) < 4.78 is 0. The lowest BCUT2D eigenvalue weighted by Crippen LogP contribution is -2.54. The Morgan fingerprint density at radius 2 is 2.00 bits per heavy atom. The zero-order valence-electron chi connectivity index (χ0n) is 11.4. The Hall–Kier alpha value is -1.75. The van der Waals surface area contributed by atoms with E-state index in [4.69, 9.17) is 5.73 Å². The second kappa shape index (κ2) is 5.48. The number of nitrogens with two attached hydrogens (primary N) is 1. The Balaban J connectivity index is 2.14. The topological polar surface area (TPSA) is 78.6 Å². The predicted octanol–water partition coefficient (Wildman–Crippen LogP) is 1.88. The molecule has 104 valence electrons. The summed E-state index contributed by atoms with van der Waals surface area (Å²) in [6.45, 7) is 4.18. The molecule has 0 saturated carbocycles. The lowest BCUT2D eigenvalue weighted by atomic mass is 10.00. The molecule has 1 aliphatic heterocycles. The smallest absolute Gasteiger partial charge is 0.269 e. The van der Waals surface area contributed by atoms with Crippen molar-refractivity contribution >= 4 is 11.6 Å². The number of nitrogens with one attached hydrogen (secondary N) is 1. The molecule has 1 aromatic rings. The Morgan fingerprint density at radius 3 is 2.63 bits per heavy atom. The zero-order chi connectivity index (χ0) is 14.0. The van der Waals surface area contributed by atoms with E-state index in [1.807, 2.05) is 5.01 Å². The Kier molecular flexibility index (Phi) is 3.95. The van der Waals surface area contributed by atoms with Crippen molar-refractivity contribution in [1.82, 2.24) is 10.4 Å². The summed E-state index contributed by atoms with van der Waals surface area (Å²) in [6.07, 6.45) is 3.30. The van der Waals surface area contributed by atoms with Crippen LogP contribution in [0.25, 0.3) is 0 Å². The number of phenolic OH excluding ortho intramolecular Hbond substituents is 1. The van der Waals surface area contributed by atoms with Gasteiger partial charge in [-0.3, -0.25) is 10.2 Å². The maximum Gasteiger partial charge on any atom is 0.269 e. The molecule has 0 radical (unpaired) electrons. The number of hydrogen-bond donors (Lipinski definition) is 3. The van der Waals surface area contributed by atoms with Gasteiger partial charge in [0.15, 0.2) is 5.75 Å². The third-order valence-electron chi connectivity index (χ3n) is 3.74. The summed E-state index contributed by atoms with van der Waals surface area (Å²) in [7, 11) is 0. The average Bonchev–Trinajstić information content (AvgIpc) is 2.37. The summed E-state index contributed by atoms with van der Waals surface area (Å²) in [5.74, 6) is -0.470. The molecule has 1 aromatic carbocycles. The van der Waals surface area contributed by atoms with Crippen LogP contribution in [0.15, 0.2) is 18.2 Å². The van der Waals surface area contributed by atoms with E-state index in [1.165, 1.54) is 6.42 Å². The highest BCUT2D eigenvalue weighted by atomic mass is 16.3. The van der Waals surface area contributed by atoms with Crippen LogP contribution in [0.4, 0.5) is 5.69 Å². The minimum atomic E-state index is -0.314. The molecule has 1 amide bonds. The number of carbonyl (C=O) groups is 1. The predicted molar refractivity (Wildman–Crippen MR) is 74.6 cm³/mol. The summed E-state index contributed by atoms with van der Waals surface area (Å²) in [5, 5.41) is 11.8. The Morgan fingerprint density at radius 1 is 1.37 bits per heavy atom. The number of hydrogen-bond acceptors (Lipinski definition) is 4. The van der Waals surface area contributed by atoms with Gasteiger partial charge in [0, 0.05) is 12.1 Å². The average molecular weight is 263 g/mol. The van der Waals surface area contributed by atoms with Crippen molar-refractivity contribution in [1.29, 1.82) is 0 Å². The van der Waals surface area contributed by atoms with Crippen LogP contribution in [-0.2, 0) is 0 Å². The number of anilines is 1. The minimum absolute atomic E-state index is 0.155. The number of piperidine rings is 1. The van der Waals surface area contributed by atoms with Gasteiger partial charge in [-0.15, -0.1) is 0 Å².